The molecule has 0 radical (unpaired) electrons. The number of rotatable bonds is 0. The van der Waals surface area contributed by atoms with Gasteiger partial charge in [-0.15, -0.1) is 0 Å². The zero-order valence-corrected chi connectivity index (χ0v) is 11.1. The standard InChI is InChI=1S/C4H8.3C3H8/c1-4-2-3-4;3*1-3-2/h4H,2-3H2,1H3;3*3H2,1-2H3. The fraction of sp³-hybridized carbons (Fsp3) is 1.00. The number of hydrogen-bond acceptors (Lipinski definition) is 0. The molecule has 0 nitrogen and oxygen atoms in total. The Kier molecular flexibility index (Phi) is 32.7. The van der Waals surface area contributed by atoms with E-state index in [2.05, 4.69) is 48.5 Å². The highest BCUT2D eigenvalue weighted by Gasteiger charge is 2.12. The van der Waals surface area contributed by atoms with Crippen LogP contribution in [0.2, 0.25) is 0 Å². The van der Waals surface area contributed by atoms with Gasteiger partial charge in [0.15, 0.2) is 0 Å². The van der Waals surface area contributed by atoms with Gasteiger partial charge in [-0.25, -0.2) is 0 Å². The fourth-order valence-corrected chi connectivity index (χ4v) is 0.167. The van der Waals surface area contributed by atoms with Crippen LogP contribution in [0.3, 0.4) is 0 Å². The quantitative estimate of drug-likeness (QED) is 0.460. The second-order valence-corrected chi connectivity index (χ2v) is 3.80. The first-order chi connectivity index (χ1) is 6.14. The van der Waals surface area contributed by atoms with Gasteiger partial charge in [-0.1, -0.05) is 80.6 Å². The summed E-state index contributed by atoms with van der Waals surface area (Å²) in [6.45, 7) is 15.0. The SMILES string of the molecule is CC1CC1.CCC.CCC.CCC. The lowest BCUT2D eigenvalue weighted by Gasteiger charge is -1.53. The second-order valence-electron chi connectivity index (χ2n) is 3.80. The Morgan fingerprint density at radius 1 is 0.692 bits per heavy atom. The molecule has 0 spiro atoms. The van der Waals surface area contributed by atoms with E-state index in [1.807, 2.05) is 0 Å². The van der Waals surface area contributed by atoms with Crippen molar-refractivity contribution in [3.8, 4) is 0 Å². The van der Waals surface area contributed by atoms with Crippen molar-refractivity contribution in [2.75, 3.05) is 0 Å². The van der Waals surface area contributed by atoms with Crippen LogP contribution in [0.15, 0.2) is 0 Å². The lowest BCUT2D eigenvalue weighted by molar-refractivity contribution is 0.983. The molecule has 0 N–H and O–H groups in total. The molecule has 13 heavy (non-hydrogen) atoms. The number of hydrogen-bond donors (Lipinski definition) is 0. The normalized spacial score (nSPS) is 12.2. The molecule has 1 aliphatic carbocycles. The Balaban J connectivity index is -0.000000104. The Bertz CT molecular complexity index is 39.2. The van der Waals surface area contributed by atoms with Gasteiger partial charge in [-0.05, 0) is 5.92 Å². The van der Waals surface area contributed by atoms with Gasteiger partial charge in [0, 0.05) is 0 Å². The van der Waals surface area contributed by atoms with Crippen molar-refractivity contribution in [3.63, 3.8) is 0 Å². The lowest BCUT2D eigenvalue weighted by atomic mass is 10.5. The zero-order valence-electron chi connectivity index (χ0n) is 11.1. The Morgan fingerprint density at radius 3 is 0.769 bits per heavy atom. The molecule has 0 aliphatic heterocycles. The van der Waals surface area contributed by atoms with E-state index in [-0.39, 0.29) is 0 Å². The molecule has 1 aliphatic rings. The van der Waals surface area contributed by atoms with E-state index in [9.17, 15) is 0 Å². The smallest absolute Gasteiger partial charge is 0.0443 e. The molecule has 1 fully saturated rings. The first kappa shape index (κ1) is 18.7. The van der Waals surface area contributed by atoms with Crippen molar-refractivity contribution in [3.05, 3.63) is 0 Å². The molecule has 84 valence electrons. The van der Waals surface area contributed by atoms with Crippen molar-refractivity contribution < 1.29 is 0 Å². The molecule has 0 aromatic heterocycles. The maximum absolute atomic E-state index is 2.28. The second kappa shape index (κ2) is 22.7. The minimum absolute atomic E-state index is 1.08. The molecule has 0 aromatic rings. The van der Waals surface area contributed by atoms with Crippen molar-refractivity contribution in [2.24, 2.45) is 5.92 Å². The maximum atomic E-state index is 2.28. The van der Waals surface area contributed by atoms with Crippen molar-refractivity contribution in [2.45, 2.75) is 80.6 Å². The van der Waals surface area contributed by atoms with Gasteiger partial charge < -0.3 is 0 Å². The molecule has 1 rings (SSSR count). The van der Waals surface area contributed by atoms with Gasteiger partial charge in [0.2, 0.25) is 0 Å². The molecule has 0 saturated heterocycles. The van der Waals surface area contributed by atoms with Gasteiger partial charge in [0.25, 0.3) is 0 Å². The van der Waals surface area contributed by atoms with Crippen molar-refractivity contribution in [1.29, 1.82) is 0 Å². The Hall–Kier alpha value is 0. The largest absolute Gasteiger partial charge is 0.0656 e. The average Bonchev–Trinajstić information content (AvgIpc) is 2.76. The van der Waals surface area contributed by atoms with Gasteiger partial charge in [0.05, 0.1) is 0 Å². The van der Waals surface area contributed by atoms with E-state index < -0.39 is 0 Å². The van der Waals surface area contributed by atoms with Crippen LogP contribution >= 0.6 is 0 Å². The van der Waals surface area contributed by atoms with E-state index >= 15 is 0 Å². The summed E-state index contributed by atoms with van der Waals surface area (Å²) < 4.78 is 0. The van der Waals surface area contributed by atoms with Crippen LogP contribution in [0.5, 0.6) is 0 Å². The molecule has 0 heteroatoms. The summed E-state index contributed by atoms with van der Waals surface area (Å²) in [5.41, 5.74) is 0. The summed E-state index contributed by atoms with van der Waals surface area (Å²) in [6.07, 6.45) is 6.72. The van der Waals surface area contributed by atoms with Gasteiger partial charge in [-0.2, -0.15) is 0 Å². The van der Waals surface area contributed by atoms with Gasteiger partial charge >= 0.3 is 0 Å². The first-order valence-corrected chi connectivity index (χ1v) is 6.14. The zero-order chi connectivity index (χ0) is 11.1. The van der Waals surface area contributed by atoms with Gasteiger partial charge in [-0.3, -0.25) is 0 Å². The molecular weight excluding hydrogens is 156 g/mol. The molecule has 0 atom stereocenters. The summed E-state index contributed by atoms with van der Waals surface area (Å²) >= 11 is 0. The van der Waals surface area contributed by atoms with Crippen molar-refractivity contribution >= 4 is 0 Å². The van der Waals surface area contributed by atoms with E-state index in [4.69, 9.17) is 0 Å². The third-order valence-electron chi connectivity index (χ3n) is 0.866. The van der Waals surface area contributed by atoms with Crippen LogP contribution < -0.4 is 0 Å². The summed E-state index contributed by atoms with van der Waals surface area (Å²) in [7, 11) is 0. The van der Waals surface area contributed by atoms with E-state index in [0.717, 1.165) is 5.92 Å². The van der Waals surface area contributed by atoms with Gasteiger partial charge in [0.1, 0.15) is 0 Å². The predicted molar refractivity (Wildman–Crippen MR) is 66.3 cm³/mol. The first-order valence-electron chi connectivity index (χ1n) is 6.14. The summed E-state index contributed by atoms with van der Waals surface area (Å²) in [4.78, 5) is 0. The predicted octanol–water partition coefficient (Wildman–Crippen LogP) is 5.67. The Labute approximate surface area is 87.1 Å². The molecule has 0 amide bonds. The summed E-state index contributed by atoms with van der Waals surface area (Å²) in [5, 5.41) is 0. The molecule has 0 aromatic carbocycles. The Morgan fingerprint density at radius 2 is 0.769 bits per heavy atom. The average molecular weight is 188 g/mol. The van der Waals surface area contributed by atoms with E-state index in [0.29, 0.717) is 0 Å². The highest BCUT2D eigenvalue weighted by atomic mass is 14.2. The third-order valence-corrected chi connectivity index (χ3v) is 0.866. The van der Waals surface area contributed by atoms with Crippen LogP contribution in [0.4, 0.5) is 0 Å². The lowest BCUT2D eigenvalue weighted by Crippen LogP contribution is -1.42. The third kappa shape index (κ3) is 133. The van der Waals surface area contributed by atoms with Crippen LogP contribution in [-0.2, 0) is 0 Å². The van der Waals surface area contributed by atoms with Crippen molar-refractivity contribution in [1.82, 2.24) is 0 Å². The monoisotopic (exact) mass is 188 g/mol. The highest BCUT2D eigenvalue weighted by molar-refractivity contribution is 4.65. The van der Waals surface area contributed by atoms with Crippen LogP contribution in [0.1, 0.15) is 80.6 Å². The van der Waals surface area contributed by atoms with E-state index in [1.54, 1.807) is 0 Å². The highest BCUT2D eigenvalue weighted by Crippen LogP contribution is 2.26. The van der Waals surface area contributed by atoms with E-state index in [1.165, 1.54) is 32.1 Å². The molecule has 0 heterocycles. The topological polar surface area (TPSA) is 0 Å². The van der Waals surface area contributed by atoms with Crippen LogP contribution in [-0.4, -0.2) is 0 Å². The van der Waals surface area contributed by atoms with Crippen LogP contribution in [0.25, 0.3) is 0 Å². The summed E-state index contributed by atoms with van der Waals surface area (Å²) in [6, 6.07) is 0. The molecule has 0 bridgehead atoms. The molecule has 0 unspecified atom stereocenters. The molecular formula is C13H32. The molecule has 1 saturated carbocycles. The minimum atomic E-state index is 1.08. The minimum Gasteiger partial charge on any atom is -0.0656 e. The maximum Gasteiger partial charge on any atom is -0.0443 e. The fourth-order valence-electron chi connectivity index (χ4n) is 0.167. The van der Waals surface area contributed by atoms with Crippen LogP contribution in [0, 0.1) is 5.92 Å². The summed E-state index contributed by atoms with van der Waals surface area (Å²) in [5.74, 6) is 1.08.